The fourth-order valence-corrected chi connectivity index (χ4v) is 6.50. The van der Waals surface area contributed by atoms with E-state index in [-0.39, 0.29) is 6.03 Å². The number of rotatable bonds is 10. The molecule has 1 aromatic heterocycles. The van der Waals surface area contributed by atoms with Gasteiger partial charge in [-0.25, -0.2) is 9.59 Å². The lowest BCUT2D eigenvalue weighted by molar-refractivity contribution is -0.174. The minimum atomic E-state index is -1.04. The Kier molecular flexibility index (Phi) is 10.3. The minimum Gasteiger partial charge on any atom is -0.430 e. The van der Waals surface area contributed by atoms with Crippen LogP contribution in [-0.2, 0) is 14.9 Å². The molecule has 3 N–H and O–H groups in total. The number of carbonyl (C=O) groups excluding carboxylic acids is 2. The molecule has 1 unspecified atom stereocenters. The third kappa shape index (κ3) is 6.96. The number of anilines is 1. The molecule has 1 saturated heterocycles. The van der Waals surface area contributed by atoms with Crippen molar-refractivity contribution in [2.45, 2.75) is 36.6 Å². The second kappa shape index (κ2) is 14.2. The zero-order chi connectivity index (χ0) is 32.1. The zero-order valence-corrected chi connectivity index (χ0v) is 28.0. The smallest absolute Gasteiger partial charge is 0.413 e. The Labute approximate surface area is 280 Å². The lowest BCUT2D eigenvalue weighted by atomic mass is 9.72. The van der Waals surface area contributed by atoms with Gasteiger partial charge in [-0.05, 0) is 66.1 Å². The van der Waals surface area contributed by atoms with Gasteiger partial charge in [-0.1, -0.05) is 83.5 Å². The number of carbonyl (C=O) groups is 2. The summed E-state index contributed by atoms with van der Waals surface area (Å²) in [6, 6.07) is 22.6. The van der Waals surface area contributed by atoms with Crippen LogP contribution in [-0.4, -0.2) is 59.8 Å². The first-order valence-electron chi connectivity index (χ1n) is 14.5. The summed E-state index contributed by atoms with van der Waals surface area (Å²) in [7, 11) is 0. The van der Waals surface area contributed by atoms with Gasteiger partial charge in [0.15, 0.2) is 16.2 Å². The van der Waals surface area contributed by atoms with Crippen molar-refractivity contribution in [3.63, 3.8) is 0 Å². The number of aliphatic hydroxyl groups excluding tert-OH is 1. The van der Waals surface area contributed by atoms with Gasteiger partial charge in [0.05, 0.1) is 5.41 Å². The number of likely N-dealkylation sites (tertiary alicyclic amines) is 1. The summed E-state index contributed by atoms with van der Waals surface area (Å²) >= 11 is 8.26. The molecule has 45 heavy (non-hydrogen) atoms. The van der Waals surface area contributed by atoms with Crippen molar-refractivity contribution < 1.29 is 28.7 Å². The third-order valence-electron chi connectivity index (χ3n) is 7.75. The van der Waals surface area contributed by atoms with Crippen LogP contribution in [0.1, 0.15) is 34.8 Å². The van der Waals surface area contributed by atoms with E-state index in [2.05, 4.69) is 15.8 Å². The molecule has 3 amide bonds. The highest BCUT2D eigenvalue weighted by Gasteiger charge is 2.52. The van der Waals surface area contributed by atoms with E-state index >= 15 is 0 Å². The van der Waals surface area contributed by atoms with Crippen LogP contribution in [0, 0.1) is 6.92 Å². The third-order valence-corrected chi connectivity index (χ3v) is 9.02. The van der Waals surface area contributed by atoms with Crippen LogP contribution in [0.2, 0.25) is 5.02 Å². The van der Waals surface area contributed by atoms with Crippen LogP contribution in [0.5, 0.6) is 0 Å². The second-order valence-corrected chi connectivity index (χ2v) is 12.2. The molecule has 10 nitrogen and oxygen atoms in total. The van der Waals surface area contributed by atoms with E-state index in [4.69, 9.17) is 25.6 Å². The quantitative estimate of drug-likeness (QED) is 0.0885. The van der Waals surface area contributed by atoms with Crippen molar-refractivity contribution in [3.05, 3.63) is 94.6 Å². The van der Waals surface area contributed by atoms with Crippen molar-refractivity contribution in [1.82, 2.24) is 15.4 Å². The summed E-state index contributed by atoms with van der Waals surface area (Å²) in [6.45, 7) is 7.04. The molecule has 2 atom stereocenters. The Balaban J connectivity index is 1.29. The largest absolute Gasteiger partial charge is 0.430 e. The number of aliphatic hydroxyl groups is 1. The van der Waals surface area contributed by atoms with Crippen molar-refractivity contribution in [2.75, 3.05) is 31.6 Å². The number of nitrogens with one attached hydrogen (secondary N) is 2. The van der Waals surface area contributed by atoms with Crippen LogP contribution < -0.4 is 10.6 Å². The zero-order valence-electron chi connectivity index (χ0n) is 25.1. The fourth-order valence-electron chi connectivity index (χ4n) is 5.31. The Morgan fingerprint density at radius 1 is 1.04 bits per heavy atom. The number of hydrogen-bond acceptors (Lipinski definition) is 7. The summed E-state index contributed by atoms with van der Waals surface area (Å²) in [4.78, 5) is 26.8. The van der Waals surface area contributed by atoms with Crippen molar-refractivity contribution in [3.8, 4) is 22.5 Å². The molecule has 2 heterocycles. The molecule has 1 aliphatic rings. The van der Waals surface area contributed by atoms with Crippen molar-refractivity contribution >= 4 is 52.0 Å². The highest BCUT2D eigenvalue weighted by atomic mass is 127. The normalized spacial score (nSPS) is 15.1. The van der Waals surface area contributed by atoms with Crippen LogP contribution in [0.4, 0.5) is 15.3 Å². The van der Waals surface area contributed by atoms with E-state index in [9.17, 15) is 14.7 Å². The molecule has 4 aromatic rings. The van der Waals surface area contributed by atoms with Crippen molar-refractivity contribution in [2.24, 2.45) is 0 Å². The molecule has 0 radical (unpaired) electrons. The average Bonchev–Trinajstić information content (AvgIpc) is 3.36. The second-order valence-electron chi connectivity index (χ2n) is 10.7. The van der Waals surface area contributed by atoms with Gasteiger partial charge in [0.1, 0.15) is 11.4 Å². The van der Waals surface area contributed by atoms with Gasteiger partial charge >= 0.3 is 12.1 Å². The van der Waals surface area contributed by atoms with Crippen LogP contribution >= 0.6 is 34.2 Å². The molecular weight excluding hydrogens is 711 g/mol. The number of alkyl halides is 1. The first-order chi connectivity index (χ1) is 21.7. The number of nitrogens with zero attached hydrogens (tertiary/aromatic N) is 2. The van der Waals surface area contributed by atoms with Gasteiger partial charge < -0.3 is 29.3 Å². The molecule has 0 saturated carbocycles. The summed E-state index contributed by atoms with van der Waals surface area (Å²) < 4.78 is 16.1. The molecule has 236 valence electrons. The highest BCUT2D eigenvalue weighted by molar-refractivity contribution is 14.1. The molecule has 1 aliphatic heterocycles. The predicted octanol–water partition coefficient (Wildman–Crippen LogP) is 7.29. The number of benzene rings is 3. The summed E-state index contributed by atoms with van der Waals surface area (Å²) in [6.07, 6.45) is -1.70. The predicted molar refractivity (Wildman–Crippen MR) is 180 cm³/mol. The lowest BCUT2D eigenvalue weighted by Crippen LogP contribution is -2.68. The average molecular weight is 745 g/mol. The molecule has 1 fully saturated rings. The number of urea groups is 1. The lowest BCUT2D eigenvalue weighted by Gasteiger charge is -2.52. The first kappa shape index (κ1) is 32.7. The van der Waals surface area contributed by atoms with Crippen LogP contribution in [0.15, 0.2) is 77.3 Å². The summed E-state index contributed by atoms with van der Waals surface area (Å²) in [5, 5.41) is 21.0. The first-order valence-corrected chi connectivity index (χ1v) is 16.2. The summed E-state index contributed by atoms with van der Waals surface area (Å²) in [5.74, 6) is 0.405. The Bertz CT molecular complexity index is 1640. The van der Waals surface area contributed by atoms with E-state index in [1.165, 1.54) is 0 Å². The van der Waals surface area contributed by atoms with E-state index in [0.717, 1.165) is 22.3 Å². The van der Waals surface area contributed by atoms with Gasteiger partial charge in [0, 0.05) is 42.4 Å². The van der Waals surface area contributed by atoms with Crippen LogP contribution in [0.25, 0.3) is 22.5 Å². The number of hydrogen-bond donors (Lipinski definition) is 3. The molecule has 0 spiro atoms. The molecule has 3 aromatic carbocycles. The standard InChI is InChI=1S/C33H34ClIN4O6/c1-4-36-31(41)39-18-33(19-39,30(40)43-5-2)24-16-14-22(15-17-24)21-10-12-23(13-11-21)28-27(20(3)38-45-28)37-32(42)44-29(35)25-8-6-7-9-26(25)34/h6-17,29-30,40H,4-5,18-19H2,1-3H3,(H,36,41)(H,37,42)/t29-,30?/m0/s1. The molecule has 0 bridgehead atoms. The molecule has 5 rings (SSSR count). The Hall–Kier alpha value is -3.65. The monoisotopic (exact) mass is 744 g/mol. The minimum absolute atomic E-state index is 0.156. The maximum Gasteiger partial charge on any atom is 0.413 e. The van der Waals surface area contributed by atoms with Gasteiger partial charge in [-0.2, -0.15) is 0 Å². The van der Waals surface area contributed by atoms with E-state index in [1.54, 1.807) is 24.0 Å². The fraction of sp³-hybridized carbons (Fsp3) is 0.303. The highest BCUT2D eigenvalue weighted by Crippen LogP contribution is 2.40. The molecule has 12 heteroatoms. The Morgan fingerprint density at radius 2 is 1.67 bits per heavy atom. The van der Waals surface area contributed by atoms with E-state index < -0.39 is 21.9 Å². The number of aromatic nitrogens is 1. The number of aryl methyl sites for hydroxylation is 1. The van der Waals surface area contributed by atoms with Gasteiger partial charge in [-0.15, -0.1) is 0 Å². The SMILES string of the molecule is CCNC(=O)N1CC(c2ccc(-c3ccc(-c4onc(C)c4NC(=O)O[C@H](I)c4ccccc4Cl)cc3)cc2)(C(O)OCC)C1. The van der Waals surface area contributed by atoms with Gasteiger partial charge in [0.2, 0.25) is 0 Å². The van der Waals surface area contributed by atoms with E-state index in [1.807, 2.05) is 97.1 Å². The van der Waals surface area contributed by atoms with Gasteiger partial charge in [-0.3, -0.25) is 5.32 Å². The molecular formula is C33H34ClIN4O6. The maximum absolute atomic E-state index is 12.8. The van der Waals surface area contributed by atoms with Crippen molar-refractivity contribution in [1.29, 1.82) is 0 Å². The van der Waals surface area contributed by atoms with Gasteiger partial charge in [0.25, 0.3) is 0 Å². The van der Waals surface area contributed by atoms with Crippen LogP contribution in [0.3, 0.4) is 0 Å². The Morgan fingerprint density at radius 3 is 2.29 bits per heavy atom. The summed E-state index contributed by atoms with van der Waals surface area (Å²) in [5.41, 5.74) is 4.46. The molecule has 0 aliphatic carbocycles. The maximum atomic E-state index is 12.8. The van der Waals surface area contributed by atoms with E-state index in [0.29, 0.717) is 54.0 Å². The number of ether oxygens (including phenoxy) is 2. The topological polar surface area (TPSA) is 126 Å². The number of amides is 3. The number of halogens is 2.